The maximum absolute atomic E-state index is 9.40. The van der Waals surface area contributed by atoms with Gasteiger partial charge >= 0.3 is 0 Å². The Labute approximate surface area is 121 Å². The zero-order valence-corrected chi connectivity index (χ0v) is 12.9. The zero-order chi connectivity index (χ0) is 13.8. The highest BCUT2D eigenvalue weighted by Crippen LogP contribution is 2.37. The van der Waals surface area contributed by atoms with E-state index in [4.69, 9.17) is 0 Å². The second-order valence-corrected chi connectivity index (χ2v) is 6.65. The first-order chi connectivity index (χ1) is 9.17. The van der Waals surface area contributed by atoms with Crippen molar-refractivity contribution in [1.29, 1.82) is 0 Å². The summed E-state index contributed by atoms with van der Waals surface area (Å²) in [6.07, 6.45) is 4.50. The largest absolute Gasteiger partial charge is 0.395 e. The highest BCUT2D eigenvalue weighted by molar-refractivity contribution is 7.99. The SMILES string of the molecule is CSC(CO)C(C)NC1CCC(C)c2ccccc21. The van der Waals surface area contributed by atoms with Crippen molar-refractivity contribution in [2.45, 2.75) is 49.9 Å². The van der Waals surface area contributed by atoms with E-state index in [0.717, 1.165) is 0 Å². The fraction of sp³-hybridized carbons (Fsp3) is 0.625. The van der Waals surface area contributed by atoms with Crippen molar-refractivity contribution in [3.63, 3.8) is 0 Å². The maximum Gasteiger partial charge on any atom is 0.0564 e. The number of aliphatic hydroxyl groups is 1. The van der Waals surface area contributed by atoms with Gasteiger partial charge < -0.3 is 10.4 Å². The van der Waals surface area contributed by atoms with Crippen LogP contribution >= 0.6 is 11.8 Å². The molecule has 3 heteroatoms. The van der Waals surface area contributed by atoms with Gasteiger partial charge in [0.2, 0.25) is 0 Å². The number of fused-ring (bicyclic) bond motifs is 1. The molecule has 106 valence electrons. The molecule has 0 saturated carbocycles. The number of nitrogens with one attached hydrogen (secondary N) is 1. The highest BCUT2D eigenvalue weighted by atomic mass is 32.2. The Kier molecular flexibility index (Phi) is 5.31. The Morgan fingerprint density at radius 1 is 1.32 bits per heavy atom. The summed E-state index contributed by atoms with van der Waals surface area (Å²) < 4.78 is 0. The molecule has 1 aliphatic rings. The monoisotopic (exact) mass is 279 g/mol. The summed E-state index contributed by atoms with van der Waals surface area (Å²) in [5.41, 5.74) is 2.94. The van der Waals surface area contributed by atoms with Crippen LogP contribution in [-0.2, 0) is 0 Å². The van der Waals surface area contributed by atoms with Gasteiger partial charge in [0, 0.05) is 17.3 Å². The fourth-order valence-electron chi connectivity index (χ4n) is 3.04. The zero-order valence-electron chi connectivity index (χ0n) is 12.1. The van der Waals surface area contributed by atoms with E-state index in [1.807, 2.05) is 0 Å². The van der Waals surface area contributed by atoms with Crippen molar-refractivity contribution in [1.82, 2.24) is 5.32 Å². The normalized spacial score (nSPS) is 25.7. The van der Waals surface area contributed by atoms with E-state index in [0.29, 0.717) is 18.0 Å². The van der Waals surface area contributed by atoms with Crippen LogP contribution in [0.15, 0.2) is 24.3 Å². The molecule has 2 nitrogen and oxygen atoms in total. The van der Waals surface area contributed by atoms with Crippen LogP contribution < -0.4 is 5.32 Å². The van der Waals surface area contributed by atoms with Gasteiger partial charge in [-0.2, -0.15) is 11.8 Å². The van der Waals surface area contributed by atoms with Crippen LogP contribution in [0.4, 0.5) is 0 Å². The molecule has 1 aromatic rings. The van der Waals surface area contributed by atoms with Crippen molar-refractivity contribution >= 4 is 11.8 Å². The molecule has 0 heterocycles. The molecular weight excluding hydrogens is 254 g/mol. The third kappa shape index (κ3) is 3.33. The van der Waals surface area contributed by atoms with Crippen LogP contribution in [0.5, 0.6) is 0 Å². The Morgan fingerprint density at radius 3 is 2.63 bits per heavy atom. The van der Waals surface area contributed by atoms with Gasteiger partial charge in [-0.3, -0.25) is 0 Å². The van der Waals surface area contributed by atoms with Gasteiger partial charge in [0.1, 0.15) is 0 Å². The third-order valence-corrected chi connectivity index (χ3v) is 5.46. The Hall–Kier alpha value is -0.510. The lowest BCUT2D eigenvalue weighted by molar-refractivity contribution is 0.266. The average molecular weight is 279 g/mol. The second-order valence-electron chi connectivity index (χ2n) is 5.57. The molecule has 1 aromatic carbocycles. The van der Waals surface area contributed by atoms with Crippen molar-refractivity contribution in [3.8, 4) is 0 Å². The average Bonchev–Trinajstić information content (AvgIpc) is 2.44. The number of hydrogen-bond donors (Lipinski definition) is 2. The van der Waals surface area contributed by atoms with Crippen LogP contribution in [-0.4, -0.2) is 29.3 Å². The van der Waals surface area contributed by atoms with E-state index in [1.165, 1.54) is 24.0 Å². The molecular formula is C16H25NOS. The summed E-state index contributed by atoms with van der Waals surface area (Å²) in [6.45, 7) is 4.73. The molecule has 0 amide bonds. The predicted molar refractivity (Wildman–Crippen MR) is 83.8 cm³/mol. The van der Waals surface area contributed by atoms with Crippen molar-refractivity contribution < 1.29 is 5.11 Å². The lowest BCUT2D eigenvalue weighted by Crippen LogP contribution is -2.41. The summed E-state index contributed by atoms with van der Waals surface area (Å²) in [7, 11) is 0. The first-order valence-electron chi connectivity index (χ1n) is 7.16. The minimum Gasteiger partial charge on any atom is -0.395 e. The van der Waals surface area contributed by atoms with E-state index in [-0.39, 0.29) is 11.9 Å². The van der Waals surface area contributed by atoms with Gasteiger partial charge in [0.15, 0.2) is 0 Å². The first kappa shape index (κ1) is 14.9. The van der Waals surface area contributed by atoms with Gasteiger partial charge in [-0.05, 0) is 43.1 Å². The summed E-state index contributed by atoms with van der Waals surface area (Å²) in [5, 5.41) is 13.4. The minimum atomic E-state index is 0.236. The predicted octanol–water partition coefficient (Wildman–Crippen LogP) is 3.33. The van der Waals surface area contributed by atoms with Gasteiger partial charge in [-0.1, -0.05) is 31.2 Å². The molecule has 1 aliphatic carbocycles. The molecule has 2 N–H and O–H groups in total. The molecule has 0 radical (unpaired) electrons. The third-order valence-electron chi connectivity index (χ3n) is 4.30. The number of rotatable bonds is 5. The molecule has 0 saturated heterocycles. The molecule has 4 atom stereocenters. The number of benzene rings is 1. The summed E-state index contributed by atoms with van der Waals surface area (Å²) >= 11 is 1.74. The second kappa shape index (κ2) is 6.78. The van der Waals surface area contributed by atoms with E-state index in [1.54, 1.807) is 11.8 Å². The fourth-order valence-corrected chi connectivity index (χ4v) is 3.68. The number of aliphatic hydroxyl groups excluding tert-OH is 1. The summed E-state index contributed by atoms with van der Waals surface area (Å²) in [6, 6.07) is 9.54. The maximum atomic E-state index is 9.40. The minimum absolute atomic E-state index is 0.236. The molecule has 0 aromatic heterocycles. The Bertz CT molecular complexity index is 405. The van der Waals surface area contributed by atoms with E-state index in [2.05, 4.69) is 49.7 Å². The molecule has 0 bridgehead atoms. The van der Waals surface area contributed by atoms with Gasteiger partial charge in [0.05, 0.1) is 6.61 Å². The van der Waals surface area contributed by atoms with Crippen LogP contribution in [0, 0.1) is 0 Å². The van der Waals surface area contributed by atoms with Crippen molar-refractivity contribution in [3.05, 3.63) is 35.4 Å². The Balaban J connectivity index is 2.12. The van der Waals surface area contributed by atoms with Gasteiger partial charge in [-0.25, -0.2) is 0 Å². The highest BCUT2D eigenvalue weighted by Gasteiger charge is 2.26. The Morgan fingerprint density at radius 2 is 2.00 bits per heavy atom. The molecule has 0 fully saturated rings. The first-order valence-corrected chi connectivity index (χ1v) is 8.44. The quantitative estimate of drug-likeness (QED) is 0.867. The lowest BCUT2D eigenvalue weighted by atomic mass is 9.81. The smallest absolute Gasteiger partial charge is 0.0564 e. The van der Waals surface area contributed by atoms with Crippen LogP contribution in [0.25, 0.3) is 0 Å². The molecule has 2 rings (SSSR count). The summed E-state index contributed by atoms with van der Waals surface area (Å²) in [5.74, 6) is 0.666. The van der Waals surface area contributed by atoms with E-state index < -0.39 is 0 Å². The number of hydrogen-bond acceptors (Lipinski definition) is 3. The van der Waals surface area contributed by atoms with Crippen LogP contribution in [0.2, 0.25) is 0 Å². The van der Waals surface area contributed by atoms with E-state index >= 15 is 0 Å². The molecule has 19 heavy (non-hydrogen) atoms. The molecule has 0 spiro atoms. The molecule has 4 unspecified atom stereocenters. The lowest BCUT2D eigenvalue weighted by Gasteiger charge is -2.34. The van der Waals surface area contributed by atoms with Gasteiger partial charge in [0.25, 0.3) is 0 Å². The van der Waals surface area contributed by atoms with Crippen molar-refractivity contribution in [2.75, 3.05) is 12.9 Å². The van der Waals surface area contributed by atoms with Crippen LogP contribution in [0.1, 0.15) is 49.8 Å². The topological polar surface area (TPSA) is 32.3 Å². The van der Waals surface area contributed by atoms with Crippen LogP contribution in [0.3, 0.4) is 0 Å². The van der Waals surface area contributed by atoms with Crippen molar-refractivity contribution in [2.24, 2.45) is 0 Å². The molecule has 0 aliphatic heterocycles. The van der Waals surface area contributed by atoms with Gasteiger partial charge in [-0.15, -0.1) is 0 Å². The summed E-state index contributed by atoms with van der Waals surface area (Å²) in [4.78, 5) is 0. The van der Waals surface area contributed by atoms with E-state index in [9.17, 15) is 5.11 Å². The standard InChI is InChI=1S/C16H25NOS/c1-11-8-9-15(14-7-5-4-6-13(11)14)17-12(2)16(10-18)19-3/h4-7,11-12,15-18H,8-10H2,1-3H3. The number of thioether (sulfide) groups is 1.